The average Bonchev–Trinajstić information content (AvgIpc) is 3.22. The van der Waals surface area contributed by atoms with Crippen molar-refractivity contribution < 1.29 is 19.1 Å². The van der Waals surface area contributed by atoms with Gasteiger partial charge in [0.1, 0.15) is 16.9 Å². The number of aromatic nitrogens is 2. The lowest BCUT2D eigenvalue weighted by Crippen LogP contribution is -2.51. The highest BCUT2D eigenvalue weighted by molar-refractivity contribution is 8.03. The lowest BCUT2D eigenvalue weighted by atomic mass is 10.0. The number of aliphatic carboxylic acids is 1. The first-order valence-corrected chi connectivity index (χ1v) is 9.00. The van der Waals surface area contributed by atoms with Gasteiger partial charge in [0.05, 0.1) is 21.5 Å². The Morgan fingerprint density at radius 1 is 1.40 bits per heavy atom. The first-order chi connectivity index (χ1) is 12.0. The molecule has 2 aliphatic heterocycles. The average molecular weight is 373 g/mol. The molecule has 0 spiro atoms. The second-order valence-electron chi connectivity index (χ2n) is 5.60. The second-order valence-corrected chi connectivity index (χ2v) is 7.57. The fourth-order valence-corrected chi connectivity index (χ4v) is 5.15. The third kappa shape index (κ3) is 1.99. The van der Waals surface area contributed by atoms with Crippen molar-refractivity contribution in [2.24, 2.45) is 0 Å². The van der Waals surface area contributed by atoms with E-state index < -0.39 is 5.97 Å². The van der Waals surface area contributed by atoms with Gasteiger partial charge in [0.15, 0.2) is 4.96 Å². The van der Waals surface area contributed by atoms with Gasteiger partial charge in [0.2, 0.25) is 0 Å². The van der Waals surface area contributed by atoms with E-state index in [1.54, 1.807) is 18.3 Å². The highest BCUT2D eigenvalue weighted by Gasteiger charge is 2.49. The summed E-state index contributed by atoms with van der Waals surface area (Å²) in [7, 11) is 0. The van der Waals surface area contributed by atoms with Crippen molar-refractivity contribution in [2.75, 3.05) is 0 Å². The summed E-state index contributed by atoms with van der Waals surface area (Å²) in [5.41, 5.74) is 2.00. The third-order valence-electron chi connectivity index (χ3n) is 4.13. The summed E-state index contributed by atoms with van der Waals surface area (Å²) in [6.07, 6.45) is 3.48. The zero-order valence-corrected chi connectivity index (χ0v) is 14.0. The molecule has 1 aromatic carbocycles. The van der Waals surface area contributed by atoms with Crippen molar-refractivity contribution in [3.05, 3.63) is 52.6 Å². The maximum atomic E-state index is 13.3. The number of thiazole rings is 1. The number of halogens is 1. The third-order valence-corrected chi connectivity index (χ3v) is 6.23. The van der Waals surface area contributed by atoms with E-state index >= 15 is 0 Å². The number of hydrogen-bond acceptors (Lipinski definition) is 5. The zero-order valence-electron chi connectivity index (χ0n) is 12.3. The SMILES string of the molecule is O=C(O)C1=CSC2C(=Cc3cn4c(n3)sc3cc(F)ccc34)C(=O)N12. The van der Waals surface area contributed by atoms with Crippen LogP contribution in [-0.2, 0) is 9.59 Å². The molecule has 1 fully saturated rings. The Bertz CT molecular complexity index is 1160. The second kappa shape index (κ2) is 4.93. The molecule has 124 valence electrons. The van der Waals surface area contributed by atoms with Crippen molar-refractivity contribution in [3.8, 4) is 0 Å². The molecule has 1 saturated heterocycles. The molecule has 25 heavy (non-hydrogen) atoms. The van der Waals surface area contributed by atoms with E-state index in [2.05, 4.69) is 4.98 Å². The number of carbonyl (C=O) groups is 2. The van der Waals surface area contributed by atoms with Crippen molar-refractivity contribution in [3.63, 3.8) is 0 Å². The number of hydrogen-bond donors (Lipinski definition) is 1. The molecule has 0 aliphatic carbocycles. The topological polar surface area (TPSA) is 74.9 Å². The highest BCUT2D eigenvalue weighted by atomic mass is 32.2. The van der Waals surface area contributed by atoms with E-state index in [9.17, 15) is 14.0 Å². The molecule has 3 aromatic rings. The Labute approximate surface area is 147 Å². The number of benzene rings is 1. The van der Waals surface area contributed by atoms with Gasteiger partial charge < -0.3 is 5.11 Å². The molecule has 2 aromatic heterocycles. The maximum absolute atomic E-state index is 13.3. The number of amides is 1. The summed E-state index contributed by atoms with van der Waals surface area (Å²) in [4.78, 5) is 29.8. The molecule has 2 aliphatic rings. The molecular formula is C16H8FN3O3S2. The van der Waals surface area contributed by atoms with Gasteiger partial charge in [-0.3, -0.25) is 14.1 Å². The Morgan fingerprint density at radius 3 is 3.04 bits per heavy atom. The summed E-state index contributed by atoms with van der Waals surface area (Å²) < 4.78 is 16.0. The minimum absolute atomic E-state index is 0.0102. The molecule has 1 unspecified atom stereocenters. The summed E-state index contributed by atoms with van der Waals surface area (Å²) in [6, 6.07) is 4.56. The van der Waals surface area contributed by atoms with Crippen LogP contribution in [0.4, 0.5) is 4.39 Å². The van der Waals surface area contributed by atoms with E-state index in [1.165, 1.54) is 45.5 Å². The van der Waals surface area contributed by atoms with Crippen molar-refractivity contribution in [1.82, 2.24) is 14.3 Å². The summed E-state index contributed by atoms with van der Waals surface area (Å²) in [5, 5.41) is 10.3. The minimum atomic E-state index is -1.11. The molecule has 6 nitrogen and oxygen atoms in total. The summed E-state index contributed by atoms with van der Waals surface area (Å²) in [6.45, 7) is 0. The lowest BCUT2D eigenvalue weighted by Gasteiger charge is -2.36. The molecule has 0 saturated carbocycles. The minimum Gasteiger partial charge on any atom is -0.477 e. The Morgan fingerprint density at radius 2 is 2.24 bits per heavy atom. The van der Waals surface area contributed by atoms with Crippen LogP contribution in [0.15, 0.2) is 41.1 Å². The molecule has 1 atom stereocenters. The number of carboxylic acid groups (broad SMARTS) is 1. The van der Waals surface area contributed by atoms with Crippen LogP contribution in [0.1, 0.15) is 5.69 Å². The monoisotopic (exact) mass is 373 g/mol. The number of rotatable bonds is 2. The molecule has 4 heterocycles. The van der Waals surface area contributed by atoms with E-state index in [0.717, 1.165) is 10.2 Å². The number of imidazole rings is 1. The predicted octanol–water partition coefficient (Wildman–Crippen LogP) is 2.91. The summed E-state index contributed by atoms with van der Waals surface area (Å²) in [5.74, 6) is -1.71. The van der Waals surface area contributed by atoms with Gasteiger partial charge in [0.25, 0.3) is 5.91 Å². The highest BCUT2D eigenvalue weighted by Crippen LogP contribution is 2.45. The quantitative estimate of drug-likeness (QED) is 0.552. The Kier molecular flexibility index (Phi) is 2.89. The zero-order chi connectivity index (χ0) is 17.3. The molecule has 1 amide bonds. The summed E-state index contributed by atoms with van der Waals surface area (Å²) >= 11 is 2.66. The Balaban J connectivity index is 1.52. The molecule has 1 N–H and O–H groups in total. The molecule has 0 radical (unpaired) electrons. The maximum Gasteiger partial charge on any atom is 0.353 e. The van der Waals surface area contributed by atoms with Crippen LogP contribution in [0.25, 0.3) is 21.3 Å². The van der Waals surface area contributed by atoms with Gasteiger partial charge in [-0.2, -0.15) is 0 Å². The van der Waals surface area contributed by atoms with Crippen LogP contribution in [-0.4, -0.2) is 36.6 Å². The van der Waals surface area contributed by atoms with Crippen LogP contribution in [0, 0.1) is 5.82 Å². The molecule has 0 bridgehead atoms. The van der Waals surface area contributed by atoms with E-state index in [4.69, 9.17) is 5.11 Å². The van der Waals surface area contributed by atoms with Crippen molar-refractivity contribution in [2.45, 2.75) is 5.37 Å². The van der Waals surface area contributed by atoms with E-state index in [0.29, 0.717) is 16.2 Å². The van der Waals surface area contributed by atoms with Gasteiger partial charge in [-0.1, -0.05) is 11.3 Å². The smallest absolute Gasteiger partial charge is 0.353 e. The fourth-order valence-electron chi connectivity index (χ4n) is 2.99. The number of carboxylic acids is 1. The van der Waals surface area contributed by atoms with Crippen molar-refractivity contribution >= 4 is 56.2 Å². The van der Waals surface area contributed by atoms with Crippen molar-refractivity contribution in [1.29, 1.82) is 0 Å². The van der Waals surface area contributed by atoms with E-state index in [-0.39, 0.29) is 22.8 Å². The number of β-lactam (4-membered cyclic amide) rings is 1. The van der Waals surface area contributed by atoms with Crippen LogP contribution in [0.2, 0.25) is 0 Å². The standard InChI is InChI=1S/C16H8FN3O3S2/c17-7-1-2-10-12(3-7)25-16-18-8(5-19(10)16)4-9-13(21)20-11(15(22)23)6-24-14(9)20/h1-6,14H,(H,22,23). The van der Waals surface area contributed by atoms with Crippen LogP contribution in [0.5, 0.6) is 0 Å². The largest absolute Gasteiger partial charge is 0.477 e. The van der Waals surface area contributed by atoms with Gasteiger partial charge in [0, 0.05) is 11.6 Å². The van der Waals surface area contributed by atoms with Gasteiger partial charge in [-0.05, 0) is 24.3 Å². The van der Waals surface area contributed by atoms with Crippen LogP contribution >= 0.6 is 23.1 Å². The number of thioether (sulfide) groups is 1. The van der Waals surface area contributed by atoms with Gasteiger partial charge >= 0.3 is 5.97 Å². The van der Waals surface area contributed by atoms with Gasteiger partial charge in [-0.25, -0.2) is 14.2 Å². The molecule has 5 rings (SSSR count). The first kappa shape index (κ1) is 14.7. The van der Waals surface area contributed by atoms with Gasteiger partial charge in [-0.15, -0.1) is 11.8 Å². The number of fused-ring (bicyclic) bond motifs is 4. The fraction of sp³-hybridized carbons (Fsp3) is 0.0625. The van der Waals surface area contributed by atoms with Crippen LogP contribution < -0.4 is 0 Å². The predicted molar refractivity (Wildman–Crippen MR) is 92.5 cm³/mol. The number of carbonyl (C=O) groups excluding carboxylic acids is 1. The molecule has 9 heteroatoms. The van der Waals surface area contributed by atoms with E-state index in [1.807, 2.05) is 4.40 Å². The normalized spacial score (nSPS) is 21.1. The lowest BCUT2D eigenvalue weighted by molar-refractivity contribution is -0.141. The molecular weight excluding hydrogens is 365 g/mol. The Hall–Kier alpha value is -2.65. The van der Waals surface area contributed by atoms with Crippen LogP contribution in [0.3, 0.4) is 0 Å². The number of nitrogens with zero attached hydrogens (tertiary/aromatic N) is 3. The first-order valence-electron chi connectivity index (χ1n) is 7.24.